The molecule has 1 rings (SSSR count). The van der Waals surface area contributed by atoms with E-state index in [9.17, 15) is 19.5 Å². The maximum Gasteiger partial charge on any atom is 1.00 e. The molecule has 0 aliphatic rings. The van der Waals surface area contributed by atoms with Crippen LogP contribution in [0.4, 0.5) is 5.69 Å². The van der Waals surface area contributed by atoms with E-state index in [1.165, 1.54) is 24.3 Å². The van der Waals surface area contributed by atoms with Crippen LogP contribution in [0.15, 0.2) is 24.3 Å². The van der Waals surface area contributed by atoms with Gasteiger partial charge in [0.2, 0.25) is 5.91 Å². The van der Waals surface area contributed by atoms with Crippen molar-refractivity contribution in [3.05, 3.63) is 29.8 Å². The molecule has 4 N–H and O–H groups in total. The van der Waals surface area contributed by atoms with E-state index in [0.717, 1.165) is 0 Å². The first kappa shape index (κ1) is 18.2. The quantitative estimate of drug-likeness (QED) is 0.471. The number of rotatable bonds is 5. The van der Waals surface area contributed by atoms with Crippen molar-refractivity contribution >= 4 is 23.5 Å². The fraction of sp³-hybridized carbons (Fsp3) is 0.182. The van der Waals surface area contributed by atoms with Gasteiger partial charge in [-0.1, -0.05) is 18.2 Å². The Hall–Kier alpha value is -0.774. The largest absolute Gasteiger partial charge is 1.00 e. The number of nitrogens with one attached hydrogen (secondary N) is 1. The second-order valence-corrected chi connectivity index (χ2v) is 3.53. The van der Waals surface area contributed by atoms with Crippen molar-refractivity contribution in [2.75, 3.05) is 5.32 Å². The van der Waals surface area contributed by atoms with Crippen LogP contribution < -0.4 is 67.5 Å². The Morgan fingerprint density at radius 3 is 2.42 bits per heavy atom. The number of carbonyl (C=O) groups excluding carboxylic acids is 2. The third-order valence-electron chi connectivity index (χ3n) is 2.14. The van der Waals surface area contributed by atoms with E-state index in [0.29, 0.717) is 0 Å². The summed E-state index contributed by atoms with van der Waals surface area (Å²) in [5, 5.41) is 21.5. The molecule has 96 valence electrons. The van der Waals surface area contributed by atoms with E-state index < -0.39 is 30.3 Å². The van der Waals surface area contributed by atoms with Crippen molar-refractivity contribution in [3.63, 3.8) is 0 Å². The Kier molecular flexibility index (Phi) is 8.07. The van der Waals surface area contributed by atoms with Gasteiger partial charge in [0.25, 0.3) is 0 Å². The number of benzene rings is 1. The number of carboxylic acids is 2. The molecule has 0 heterocycles. The van der Waals surface area contributed by atoms with Gasteiger partial charge in [-0.15, -0.1) is 0 Å². The minimum absolute atomic E-state index is 0. The fourth-order valence-corrected chi connectivity index (χ4v) is 1.28. The van der Waals surface area contributed by atoms with Crippen LogP contribution in [-0.2, 0) is 9.59 Å². The van der Waals surface area contributed by atoms with Gasteiger partial charge < -0.3 is 26.1 Å². The smallest absolute Gasteiger partial charge is 0.545 e. The number of anilines is 1. The number of aromatic carboxylic acids is 1. The molecule has 19 heavy (non-hydrogen) atoms. The summed E-state index contributed by atoms with van der Waals surface area (Å²) in [5.74, 6) is -3.44. The third-order valence-corrected chi connectivity index (χ3v) is 2.14. The topological polar surface area (TPSA) is 133 Å². The Labute approximate surface area is 151 Å². The number of hydrogen-bond acceptors (Lipinski definition) is 5. The van der Waals surface area contributed by atoms with Crippen LogP contribution in [0.1, 0.15) is 16.8 Å². The second-order valence-electron chi connectivity index (χ2n) is 3.53. The third kappa shape index (κ3) is 5.81. The molecule has 1 amide bonds. The molecule has 0 aliphatic carbocycles. The molecule has 0 fully saturated rings. The molecule has 0 bridgehead atoms. The molecule has 1 atom stereocenters. The van der Waals surface area contributed by atoms with Gasteiger partial charge in [0, 0.05) is 11.3 Å². The molecule has 0 spiro atoms. The molecule has 8 heteroatoms. The Balaban J connectivity index is 0.00000324. The molecule has 1 aromatic rings. The van der Waals surface area contributed by atoms with E-state index in [2.05, 4.69) is 5.32 Å². The van der Waals surface area contributed by atoms with Crippen LogP contribution in [0.3, 0.4) is 0 Å². The summed E-state index contributed by atoms with van der Waals surface area (Å²) in [6.45, 7) is 0. The van der Waals surface area contributed by atoms with Crippen molar-refractivity contribution in [1.82, 2.24) is 0 Å². The number of carbonyl (C=O) groups is 3. The summed E-state index contributed by atoms with van der Waals surface area (Å²) in [5.41, 5.74) is 5.15. The normalized spacial score (nSPS) is 11.0. The molecule has 0 unspecified atom stereocenters. The Morgan fingerprint density at radius 1 is 1.32 bits per heavy atom. The van der Waals surface area contributed by atoms with E-state index in [-0.39, 0.29) is 62.6 Å². The minimum atomic E-state index is -1.45. The Morgan fingerprint density at radius 2 is 1.89 bits per heavy atom. The summed E-state index contributed by atoms with van der Waals surface area (Å²) in [7, 11) is 0. The number of carboxylic acid groups (broad SMARTS) is 2. The average Bonchev–Trinajstić information content (AvgIpc) is 2.28. The summed E-state index contributed by atoms with van der Waals surface area (Å²) in [6.07, 6.45) is -0.542. The SMILES string of the molecule is N[C@@H](CC(=O)O)C(=O)Nc1ccccc1C(=O)[O-].[K+]. The zero-order chi connectivity index (χ0) is 13.7. The van der Waals surface area contributed by atoms with Crippen molar-refractivity contribution in [2.24, 2.45) is 5.73 Å². The molecule has 0 aromatic heterocycles. The van der Waals surface area contributed by atoms with E-state index in [4.69, 9.17) is 10.8 Å². The van der Waals surface area contributed by atoms with Crippen LogP contribution in [0.25, 0.3) is 0 Å². The number of nitrogens with two attached hydrogens (primary N) is 1. The van der Waals surface area contributed by atoms with Gasteiger partial charge in [0.1, 0.15) is 0 Å². The van der Waals surface area contributed by atoms with Crippen LogP contribution in [0.5, 0.6) is 0 Å². The molecule has 0 saturated heterocycles. The van der Waals surface area contributed by atoms with Gasteiger partial charge in [-0.3, -0.25) is 9.59 Å². The van der Waals surface area contributed by atoms with Crippen LogP contribution in [0.2, 0.25) is 0 Å². The first-order valence-electron chi connectivity index (χ1n) is 5.00. The van der Waals surface area contributed by atoms with Crippen molar-refractivity contribution < 1.29 is 76.0 Å². The van der Waals surface area contributed by atoms with Gasteiger partial charge >= 0.3 is 57.4 Å². The van der Waals surface area contributed by atoms with Gasteiger partial charge in [-0.2, -0.15) is 0 Å². The summed E-state index contributed by atoms with van der Waals surface area (Å²) >= 11 is 0. The molecular weight excluding hydrogens is 279 g/mol. The predicted molar refractivity (Wildman–Crippen MR) is 59.6 cm³/mol. The molecule has 7 nitrogen and oxygen atoms in total. The van der Waals surface area contributed by atoms with Crippen molar-refractivity contribution in [2.45, 2.75) is 12.5 Å². The monoisotopic (exact) mass is 290 g/mol. The summed E-state index contributed by atoms with van der Waals surface area (Å²) in [4.78, 5) is 32.7. The van der Waals surface area contributed by atoms with E-state index in [1.54, 1.807) is 0 Å². The zero-order valence-electron chi connectivity index (χ0n) is 10.3. The van der Waals surface area contributed by atoms with E-state index in [1.807, 2.05) is 0 Å². The van der Waals surface area contributed by atoms with Gasteiger partial charge in [0.15, 0.2) is 0 Å². The molecule has 0 radical (unpaired) electrons. The average molecular weight is 290 g/mol. The standard InChI is InChI=1S/C11H12N2O5.K/c12-7(5-9(14)15)10(16)13-8-4-2-1-3-6(8)11(17)18;/h1-4,7H,5,12H2,(H,13,16)(H,14,15)(H,17,18);/q;+1/p-1/t7-;/m0./s1. The van der Waals surface area contributed by atoms with Crippen LogP contribution in [-0.4, -0.2) is 29.0 Å². The summed E-state index contributed by atoms with van der Waals surface area (Å²) in [6, 6.07) is 4.35. The van der Waals surface area contributed by atoms with E-state index >= 15 is 0 Å². The number of hydrogen-bond donors (Lipinski definition) is 3. The first-order valence-corrected chi connectivity index (χ1v) is 5.00. The second kappa shape index (κ2) is 8.41. The Bertz CT molecular complexity index is 492. The number of para-hydroxylation sites is 1. The fourth-order valence-electron chi connectivity index (χ4n) is 1.28. The first-order chi connectivity index (χ1) is 8.41. The minimum Gasteiger partial charge on any atom is -0.545 e. The zero-order valence-corrected chi connectivity index (χ0v) is 13.4. The van der Waals surface area contributed by atoms with Crippen LogP contribution >= 0.6 is 0 Å². The van der Waals surface area contributed by atoms with Gasteiger partial charge in [-0.05, 0) is 6.07 Å². The van der Waals surface area contributed by atoms with Crippen LogP contribution in [0, 0.1) is 0 Å². The summed E-state index contributed by atoms with van der Waals surface area (Å²) < 4.78 is 0. The maximum absolute atomic E-state index is 11.5. The number of aliphatic carboxylic acids is 1. The molecule has 0 aliphatic heterocycles. The molecular formula is C11H11KN2O5. The maximum atomic E-state index is 11.5. The molecule has 0 saturated carbocycles. The van der Waals surface area contributed by atoms with Gasteiger partial charge in [-0.25, -0.2) is 0 Å². The molecule has 1 aromatic carbocycles. The van der Waals surface area contributed by atoms with Crippen molar-refractivity contribution in [3.8, 4) is 0 Å². The number of amides is 1. The van der Waals surface area contributed by atoms with Crippen molar-refractivity contribution in [1.29, 1.82) is 0 Å². The predicted octanol–water partition coefficient (Wildman–Crippen LogP) is -4.21. The van der Waals surface area contributed by atoms with Gasteiger partial charge in [0.05, 0.1) is 18.4 Å².